The van der Waals surface area contributed by atoms with Gasteiger partial charge in [-0.3, -0.25) is 4.79 Å². The minimum atomic E-state index is -0.245. The van der Waals surface area contributed by atoms with Crippen LogP contribution in [0.1, 0.15) is 22.8 Å². The zero-order valence-corrected chi connectivity index (χ0v) is 18.0. The molecule has 0 saturated heterocycles. The van der Waals surface area contributed by atoms with Crippen LogP contribution in [0.25, 0.3) is 16.6 Å². The normalized spacial score (nSPS) is 11.3. The Kier molecular flexibility index (Phi) is 5.14. The molecule has 0 aliphatic carbocycles. The molecule has 0 aliphatic rings. The maximum Gasteiger partial charge on any atom is 0.294 e. The number of aromatic nitrogens is 6. The Morgan fingerprint density at radius 3 is 2.45 bits per heavy atom. The van der Waals surface area contributed by atoms with E-state index in [1.54, 1.807) is 17.8 Å². The first-order valence-electron chi connectivity index (χ1n) is 9.00. The molecule has 3 heterocycles. The Labute approximate surface area is 176 Å². The topological polar surface area (TPSA) is 78.5 Å². The molecule has 3 aromatic heterocycles. The predicted molar refractivity (Wildman–Crippen MR) is 115 cm³/mol. The van der Waals surface area contributed by atoms with Crippen LogP contribution >= 0.6 is 23.4 Å². The van der Waals surface area contributed by atoms with Crippen LogP contribution in [0.5, 0.6) is 0 Å². The van der Waals surface area contributed by atoms with Crippen molar-refractivity contribution in [3.63, 3.8) is 0 Å². The number of aryl methyl sites for hydroxylation is 4. The van der Waals surface area contributed by atoms with Crippen LogP contribution in [0, 0.1) is 20.8 Å². The summed E-state index contributed by atoms with van der Waals surface area (Å²) < 4.78 is 3.03. The van der Waals surface area contributed by atoms with Gasteiger partial charge in [-0.15, -0.1) is 0 Å². The minimum Gasteiger partial charge on any atom is -0.265 e. The predicted octanol–water partition coefficient (Wildman–Crippen LogP) is 3.78. The first-order valence-corrected chi connectivity index (χ1v) is 10.4. The van der Waals surface area contributed by atoms with E-state index in [-0.39, 0.29) is 5.56 Å². The summed E-state index contributed by atoms with van der Waals surface area (Å²) >= 11 is 7.84. The summed E-state index contributed by atoms with van der Waals surface area (Å²) in [4.78, 5) is 21.6. The zero-order chi connectivity index (χ0) is 20.7. The first kappa shape index (κ1) is 19.6. The van der Waals surface area contributed by atoms with Crippen molar-refractivity contribution in [1.82, 2.24) is 29.5 Å². The van der Waals surface area contributed by atoms with Crippen LogP contribution in [0.15, 0.2) is 40.3 Å². The van der Waals surface area contributed by atoms with E-state index >= 15 is 0 Å². The van der Waals surface area contributed by atoms with E-state index in [9.17, 15) is 4.79 Å². The van der Waals surface area contributed by atoms with Crippen LogP contribution in [-0.4, -0.2) is 29.5 Å². The van der Waals surface area contributed by atoms with Crippen molar-refractivity contribution in [2.75, 3.05) is 0 Å². The summed E-state index contributed by atoms with van der Waals surface area (Å²) in [6.07, 6.45) is 0. The second kappa shape index (κ2) is 7.61. The summed E-state index contributed by atoms with van der Waals surface area (Å²) in [7, 11) is 1.63. The van der Waals surface area contributed by atoms with E-state index in [0.717, 1.165) is 33.8 Å². The largest absolute Gasteiger partial charge is 0.294 e. The lowest BCUT2D eigenvalue weighted by atomic mass is 10.2. The summed E-state index contributed by atoms with van der Waals surface area (Å²) in [6.45, 7) is 5.81. The van der Waals surface area contributed by atoms with Crippen molar-refractivity contribution in [1.29, 1.82) is 0 Å². The third-order valence-electron chi connectivity index (χ3n) is 4.55. The van der Waals surface area contributed by atoms with E-state index < -0.39 is 0 Å². The maximum atomic E-state index is 12.7. The highest BCUT2D eigenvalue weighted by atomic mass is 35.5. The maximum absolute atomic E-state index is 12.7. The highest BCUT2D eigenvalue weighted by Crippen LogP contribution is 2.28. The molecule has 0 N–H and O–H groups in total. The van der Waals surface area contributed by atoms with Gasteiger partial charge in [-0.25, -0.2) is 19.3 Å². The number of benzene rings is 1. The Hall–Kier alpha value is -2.71. The van der Waals surface area contributed by atoms with Crippen LogP contribution in [0.3, 0.4) is 0 Å². The van der Waals surface area contributed by atoms with Gasteiger partial charge in [0.25, 0.3) is 5.56 Å². The Morgan fingerprint density at radius 1 is 1.07 bits per heavy atom. The average Bonchev–Trinajstić information content (AvgIpc) is 3.01. The van der Waals surface area contributed by atoms with Crippen molar-refractivity contribution >= 4 is 34.3 Å². The SMILES string of the molecule is Cc1cc(C)nc(SCc2nn(C)c(=O)c3nn(-c4ccccc4Cl)c(C)c23)n1. The quantitative estimate of drug-likeness (QED) is 0.365. The van der Waals surface area contributed by atoms with Crippen LogP contribution in [0.2, 0.25) is 5.02 Å². The average molecular weight is 427 g/mol. The number of para-hydroxylation sites is 1. The molecule has 4 aromatic rings. The van der Waals surface area contributed by atoms with E-state index in [1.807, 2.05) is 45.0 Å². The lowest BCUT2D eigenvalue weighted by Gasteiger charge is -2.07. The lowest BCUT2D eigenvalue weighted by Crippen LogP contribution is -2.21. The first-order chi connectivity index (χ1) is 13.8. The fraction of sp³-hybridized carbons (Fsp3) is 0.250. The van der Waals surface area contributed by atoms with E-state index in [4.69, 9.17) is 11.6 Å². The summed E-state index contributed by atoms with van der Waals surface area (Å²) in [5.74, 6) is 0.516. The van der Waals surface area contributed by atoms with Gasteiger partial charge in [-0.1, -0.05) is 35.5 Å². The molecular weight excluding hydrogens is 408 g/mol. The lowest BCUT2D eigenvalue weighted by molar-refractivity contribution is 0.700. The number of nitrogens with zero attached hydrogens (tertiary/aromatic N) is 6. The molecule has 0 aliphatic heterocycles. The van der Waals surface area contributed by atoms with Gasteiger partial charge >= 0.3 is 0 Å². The van der Waals surface area contributed by atoms with Crippen LogP contribution in [-0.2, 0) is 12.8 Å². The number of fused-ring (bicyclic) bond motifs is 1. The molecule has 0 spiro atoms. The summed E-state index contributed by atoms with van der Waals surface area (Å²) in [5, 5.41) is 11.0. The molecule has 29 heavy (non-hydrogen) atoms. The van der Waals surface area contributed by atoms with Crippen molar-refractivity contribution in [3.05, 3.63) is 68.5 Å². The monoisotopic (exact) mass is 426 g/mol. The molecule has 0 unspecified atom stereocenters. The second-order valence-corrected chi connectivity index (χ2v) is 8.12. The molecule has 1 aromatic carbocycles. The summed E-state index contributed by atoms with van der Waals surface area (Å²) in [5.41, 5.74) is 4.26. The minimum absolute atomic E-state index is 0.245. The number of hydrogen-bond acceptors (Lipinski definition) is 6. The molecule has 0 amide bonds. The van der Waals surface area contributed by atoms with Gasteiger partial charge in [-0.05, 0) is 39.0 Å². The Morgan fingerprint density at radius 2 is 1.76 bits per heavy atom. The van der Waals surface area contributed by atoms with E-state index in [0.29, 0.717) is 21.4 Å². The van der Waals surface area contributed by atoms with E-state index in [2.05, 4.69) is 20.2 Å². The van der Waals surface area contributed by atoms with Gasteiger partial charge in [0, 0.05) is 24.2 Å². The van der Waals surface area contributed by atoms with Crippen molar-refractivity contribution in [3.8, 4) is 5.69 Å². The molecule has 148 valence electrons. The molecule has 0 saturated carbocycles. The standard InChI is InChI=1S/C20H19ClN6OS/c1-11-9-12(2)23-20(22-11)29-10-15-17-13(3)27(16-8-6-5-7-14(16)21)25-18(17)19(28)26(4)24-15/h5-9H,10H2,1-4H3. The number of hydrogen-bond donors (Lipinski definition) is 0. The highest BCUT2D eigenvalue weighted by molar-refractivity contribution is 7.98. The second-order valence-electron chi connectivity index (χ2n) is 6.77. The number of rotatable bonds is 4. The third-order valence-corrected chi connectivity index (χ3v) is 5.73. The van der Waals surface area contributed by atoms with Gasteiger partial charge in [-0.2, -0.15) is 10.2 Å². The molecule has 0 radical (unpaired) electrons. The number of halogens is 1. The molecule has 0 atom stereocenters. The van der Waals surface area contributed by atoms with Gasteiger partial charge < -0.3 is 0 Å². The van der Waals surface area contributed by atoms with Crippen LogP contribution in [0.4, 0.5) is 0 Å². The molecular formula is C20H19ClN6OS. The number of thioether (sulfide) groups is 1. The van der Waals surface area contributed by atoms with Gasteiger partial charge in [0.15, 0.2) is 10.7 Å². The van der Waals surface area contributed by atoms with E-state index in [1.165, 1.54) is 16.4 Å². The molecule has 0 fully saturated rings. The highest BCUT2D eigenvalue weighted by Gasteiger charge is 2.19. The fourth-order valence-corrected chi connectivity index (χ4v) is 4.38. The van der Waals surface area contributed by atoms with Crippen LogP contribution < -0.4 is 5.56 Å². The smallest absolute Gasteiger partial charge is 0.265 e. The van der Waals surface area contributed by atoms with Gasteiger partial charge in [0.2, 0.25) is 0 Å². The van der Waals surface area contributed by atoms with Gasteiger partial charge in [0.05, 0.1) is 27.5 Å². The Bertz CT molecular complexity index is 1280. The van der Waals surface area contributed by atoms with Crippen molar-refractivity contribution in [2.45, 2.75) is 31.7 Å². The van der Waals surface area contributed by atoms with Crippen molar-refractivity contribution < 1.29 is 0 Å². The van der Waals surface area contributed by atoms with Crippen molar-refractivity contribution in [2.24, 2.45) is 7.05 Å². The molecule has 4 rings (SSSR count). The summed E-state index contributed by atoms with van der Waals surface area (Å²) in [6, 6.07) is 9.35. The molecule has 7 nitrogen and oxygen atoms in total. The molecule has 0 bridgehead atoms. The third kappa shape index (κ3) is 3.65. The van der Waals surface area contributed by atoms with Gasteiger partial charge in [0.1, 0.15) is 0 Å². The Balaban J connectivity index is 1.83. The zero-order valence-electron chi connectivity index (χ0n) is 16.5. The fourth-order valence-electron chi connectivity index (χ4n) is 3.28. The molecule has 9 heteroatoms.